The van der Waals surface area contributed by atoms with Gasteiger partial charge in [0.2, 0.25) is 0 Å². The molecule has 5 atom stereocenters. The normalized spacial score (nSPS) is 29.5. The summed E-state index contributed by atoms with van der Waals surface area (Å²) in [6, 6.07) is 2.10. The SMILES string of the molecule is CCCCCCCC1CCc2cc(C3CCC4CC(CCCC)CCC4C3)c(F)c(F)c2C1. The van der Waals surface area contributed by atoms with Crippen LogP contribution in [0.2, 0.25) is 0 Å². The van der Waals surface area contributed by atoms with Crippen LogP contribution < -0.4 is 0 Å². The van der Waals surface area contributed by atoms with Gasteiger partial charge in [-0.25, -0.2) is 8.78 Å². The predicted molar refractivity (Wildman–Crippen MR) is 136 cm³/mol. The molecular formula is C31H48F2. The van der Waals surface area contributed by atoms with E-state index in [2.05, 4.69) is 19.9 Å². The van der Waals surface area contributed by atoms with E-state index in [0.717, 1.165) is 61.0 Å². The average Bonchev–Trinajstić information content (AvgIpc) is 2.84. The third-order valence-corrected chi connectivity index (χ3v) is 9.59. The molecule has 3 aliphatic carbocycles. The van der Waals surface area contributed by atoms with Gasteiger partial charge >= 0.3 is 0 Å². The number of benzene rings is 1. The molecule has 186 valence electrons. The number of hydrogen-bond donors (Lipinski definition) is 0. The lowest BCUT2D eigenvalue weighted by Crippen LogP contribution is -2.31. The lowest BCUT2D eigenvalue weighted by atomic mass is 9.63. The van der Waals surface area contributed by atoms with Crippen molar-refractivity contribution in [3.63, 3.8) is 0 Å². The van der Waals surface area contributed by atoms with Crippen molar-refractivity contribution in [1.29, 1.82) is 0 Å². The predicted octanol–water partition coefficient (Wildman–Crippen LogP) is 9.92. The van der Waals surface area contributed by atoms with E-state index in [0.29, 0.717) is 11.5 Å². The van der Waals surface area contributed by atoms with Gasteiger partial charge in [0, 0.05) is 0 Å². The molecule has 1 aromatic carbocycles. The standard InChI is InChI=1S/C31H48F2/c1-3-5-7-8-9-11-23-13-15-27-21-29(31(33)30(32)28(27)19-23)26-17-16-24-18-22(10-6-4-2)12-14-25(24)20-26/h21-26H,3-20H2,1-2H3. The maximum Gasteiger partial charge on any atom is 0.162 e. The van der Waals surface area contributed by atoms with Crippen molar-refractivity contribution in [2.45, 2.75) is 135 Å². The first kappa shape index (κ1) is 25.2. The number of aryl methyl sites for hydroxylation is 1. The van der Waals surface area contributed by atoms with Gasteiger partial charge in [-0.15, -0.1) is 0 Å². The molecular weight excluding hydrogens is 410 g/mol. The molecule has 2 saturated carbocycles. The fraction of sp³-hybridized carbons (Fsp3) is 0.806. The topological polar surface area (TPSA) is 0 Å². The Balaban J connectivity index is 1.36. The maximum absolute atomic E-state index is 15.3. The summed E-state index contributed by atoms with van der Waals surface area (Å²) in [4.78, 5) is 0. The van der Waals surface area contributed by atoms with Crippen LogP contribution in [0.15, 0.2) is 6.07 Å². The molecule has 2 fully saturated rings. The molecule has 33 heavy (non-hydrogen) atoms. The van der Waals surface area contributed by atoms with Crippen LogP contribution in [0.1, 0.15) is 139 Å². The van der Waals surface area contributed by atoms with Gasteiger partial charge < -0.3 is 0 Å². The molecule has 0 amide bonds. The summed E-state index contributed by atoms with van der Waals surface area (Å²) in [5.74, 6) is 2.26. The van der Waals surface area contributed by atoms with Gasteiger partial charge in [0.15, 0.2) is 11.6 Å². The number of hydrogen-bond acceptors (Lipinski definition) is 0. The maximum atomic E-state index is 15.3. The largest absolute Gasteiger partial charge is 0.203 e. The Morgan fingerprint density at radius 3 is 2.27 bits per heavy atom. The second kappa shape index (κ2) is 12.2. The molecule has 0 spiro atoms. The van der Waals surface area contributed by atoms with Crippen molar-refractivity contribution >= 4 is 0 Å². The van der Waals surface area contributed by atoms with Crippen LogP contribution in [0.5, 0.6) is 0 Å². The van der Waals surface area contributed by atoms with Gasteiger partial charge in [0.05, 0.1) is 0 Å². The minimum Gasteiger partial charge on any atom is -0.203 e. The summed E-state index contributed by atoms with van der Waals surface area (Å²) in [7, 11) is 0. The average molecular weight is 459 g/mol. The van der Waals surface area contributed by atoms with E-state index in [-0.39, 0.29) is 5.92 Å². The van der Waals surface area contributed by atoms with E-state index < -0.39 is 11.6 Å². The van der Waals surface area contributed by atoms with Crippen LogP contribution in [-0.2, 0) is 12.8 Å². The molecule has 0 N–H and O–H groups in total. The second-order valence-electron chi connectivity index (χ2n) is 11.9. The highest BCUT2D eigenvalue weighted by Gasteiger charge is 2.37. The minimum absolute atomic E-state index is 0.231. The number of halogens is 2. The van der Waals surface area contributed by atoms with Crippen molar-refractivity contribution in [3.05, 3.63) is 34.4 Å². The Morgan fingerprint density at radius 1 is 0.727 bits per heavy atom. The van der Waals surface area contributed by atoms with Crippen molar-refractivity contribution in [1.82, 2.24) is 0 Å². The van der Waals surface area contributed by atoms with Crippen molar-refractivity contribution in [2.24, 2.45) is 23.7 Å². The van der Waals surface area contributed by atoms with E-state index in [1.165, 1.54) is 83.5 Å². The van der Waals surface area contributed by atoms with E-state index in [1.807, 2.05) is 0 Å². The van der Waals surface area contributed by atoms with Crippen LogP contribution in [-0.4, -0.2) is 0 Å². The highest BCUT2D eigenvalue weighted by Crippen LogP contribution is 2.49. The summed E-state index contributed by atoms with van der Waals surface area (Å²) in [5, 5.41) is 0. The number of unbranched alkanes of at least 4 members (excludes halogenated alkanes) is 5. The molecule has 5 unspecified atom stereocenters. The quantitative estimate of drug-likeness (QED) is 0.306. The molecule has 2 heteroatoms. The van der Waals surface area contributed by atoms with Crippen molar-refractivity contribution in [2.75, 3.05) is 0 Å². The zero-order chi connectivity index (χ0) is 23.2. The van der Waals surface area contributed by atoms with Gasteiger partial charge in [-0.1, -0.05) is 84.1 Å². The van der Waals surface area contributed by atoms with Gasteiger partial charge in [-0.3, -0.25) is 0 Å². The van der Waals surface area contributed by atoms with Crippen LogP contribution in [0.4, 0.5) is 8.78 Å². The summed E-state index contributed by atoms with van der Waals surface area (Å²) in [6.45, 7) is 4.53. The molecule has 4 rings (SSSR count). The molecule has 3 aliphatic rings. The summed E-state index contributed by atoms with van der Waals surface area (Å²) in [5.41, 5.74) is 2.55. The highest BCUT2D eigenvalue weighted by molar-refractivity contribution is 5.38. The Labute approximate surface area is 202 Å². The molecule has 0 aromatic heterocycles. The fourth-order valence-corrected chi connectivity index (χ4v) is 7.54. The van der Waals surface area contributed by atoms with E-state index in [1.54, 1.807) is 0 Å². The summed E-state index contributed by atoms with van der Waals surface area (Å²) in [6.07, 6.45) is 21.9. The first-order valence-electron chi connectivity index (χ1n) is 14.6. The molecule has 0 heterocycles. The Hall–Kier alpha value is -0.920. The van der Waals surface area contributed by atoms with Gasteiger partial charge in [-0.2, -0.15) is 0 Å². The van der Waals surface area contributed by atoms with Crippen LogP contribution in [0, 0.1) is 35.3 Å². The zero-order valence-corrected chi connectivity index (χ0v) is 21.4. The number of fused-ring (bicyclic) bond motifs is 2. The van der Waals surface area contributed by atoms with E-state index in [4.69, 9.17) is 0 Å². The number of rotatable bonds is 10. The Kier molecular flexibility index (Phi) is 9.28. The van der Waals surface area contributed by atoms with Crippen molar-refractivity contribution < 1.29 is 8.78 Å². The molecule has 0 bridgehead atoms. The molecule has 0 radical (unpaired) electrons. The molecule has 1 aromatic rings. The Morgan fingerprint density at radius 2 is 1.45 bits per heavy atom. The van der Waals surface area contributed by atoms with Crippen LogP contribution >= 0.6 is 0 Å². The monoisotopic (exact) mass is 458 g/mol. The molecule has 0 aliphatic heterocycles. The van der Waals surface area contributed by atoms with E-state index >= 15 is 8.78 Å². The first-order valence-corrected chi connectivity index (χ1v) is 14.6. The zero-order valence-electron chi connectivity index (χ0n) is 21.4. The van der Waals surface area contributed by atoms with Gasteiger partial charge in [-0.05, 0) is 97.6 Å². The lowest BCUT2D eigenvalue weighted by Gasteiger charge is -2.42. The second-order valence-corrected chi connectivity index (χ2v) is 11.9. The lowest BCUT2D eigenvalue weighted by molar-refractivity contribution is 0.112. The van der Waals surface area contributed by atoms with E-state index in [9.17, 15) is 0 Å². The summed E-state index contributed by atoms with van der Waals surface area (Å²) < 4.78 is 30.6. The minimum atomic E-state index is -0.502. The smallest absolute Gasteiger partial charge is 0.162 e. The van der Waals surface area contributed by atoms with Gasteiger partial charge in [0.1, 0.15) is 0 Å². The third kappa shape index (κ3) is 6.21. The van der Waals surface area contributed by atoms with Crippen molar-refractivity contribution in [3.8, 4) is 0 Å². The summed E-state index contributed by atoms with van der Waals surface area (Å²) >= 11 is 0. The highest BCUT2D eigenvalue weighted by atomic mass is 19.2. The van der Waals surface area contributed by atoms with Crippen LogP contribution in [0.25, 0.3) is 0 Å². The Bertz CT molecular complexity index is 754. The molecule has 0 saturated heterocycles. The van der Waals surface area contributed by atoms with Crippen LogP contribution in [0.3, 0.4) is 0 Å². The van der Waals surface area contributed by atoms with Gasteiger partial charge in [0.25, 0.3) is 0 Å². The molecule has 0 nitrogen and oxygen atoms in total. The fourth-order valence-electron chi connectivity index (χ4n) is 7.54. The third-order valence-electron chi connectivity index (χ3n) is 9.59. The first-order chi connectivity index (χ1) is 16.1.